The zero-order chi connectivity index (χ0) is 20.9. The minimum absolute atomic E-state index is 0.0821. The molecule has 1 aliphatic carbocycles. The van der Waals surface area contributed by atoms with Crippen molar-refractivity contribution in [2.24, 2.45) is 7.05 Å². The van der Waals surface area contributed by atoms with Crippen molar-refractivity contribution in [1.29, 1.82) is 0 Å². The van der Waals surface area contributed by atoms with E-state index in [2.05, 4.69) is 63.4 Å². The maximum Gasteiger partial charge on any atom is 0.163 e. The highest BCUT2D eigenvalue weighted by Gasteiger charge is 2.44. The van der Waals surface area contributed by atoms with E-state index in [4.69, 9.17) is 16.1 Å². The molecule has 0 spiro atoms. The Hall–Kier alpha value is -2.92. The van der Waals surface area contributed by atoms with Gasteiger partial charge in [0.2, 0.25) is 0 Å². The molecule has 1 fully saturated rings. The van der Waals surface area contributed by atoms with Crippen LogP contribution in [0.25, 0.3) is 22.5 Å². The van der Waals surface area contributed by atoms with Crippen LogP contribution < -0.4 is 0 Å². The van der Waals surface area contributed by atoms with Crippen molar-refractivity contribution in [2.45, 2.75) is 38.5 Å². The number of rotatable bonds is 4. The molecular formula is C24H23ClN4O. The fourth-order valence-electron chi connectivity index (χ4n) is 4.62. The Kier molecular flexibility index (Phi) is 4.51. The van der Waals surface area contributed by atoms with Crippen molar-refractivity contribution in [1.82, 2.24) is 19.9 Å². The number of nitrogens with zero attached hydrogens (tertiary/aromatic N) is 4. The summed E-state index contributed by atoms with van der Waals surface area (Å²) in [6.07, 6.45) is 3.34. The molecular weight excluding hydrogens is 396 g/mol. The maximum atomic E-state index is 6.11. The molecule has 30 heavy (non-hydrogen) atoms. The Morgan fingerprint density at radius 3 is 2.17 bits per heavy atom. The van der Waals surface area contributed by atoms with Gasteiger partial charge in [-0.2, -0.15) is 0 Å². The van der Waals surface area contributed by atoms with Crippen LogP contribution in [0.4, 0.5) is 0 Å². The molecule has 0 atom stereocenters. The number of benzene rings is 2. The minimum Gasteiger partial charge on any atom is -0.361 e. The molecule has 2 heterocycles. The molecule has 5 nitrogen and oxygen atoms in total. The lowest BCUT2D eigenvalue weighted by Crippen LogP contribution is -2.38. The lowest BCUT2D eigenvalue weighted by molar-refractivity contribution is 0.278. The number of hydrogen-bond donors (Lipinski definition) is 0. The van der Waals surface area contributed by atoms with Crippen LogP contribution in [0.2, 0.25) is 5.02 Å². The summed E-state index contributed by atoms with van der Waals surface area (Å²) in [5.74, 6) is 2.72. The lowest BCUT2D eigenvalue weighted by atomic mass is 9.64. The molecule has 2 aromatic carbocycles. The molecule has 2 aromatic heterocycles. The fraction of sp³-hybridized carbons (Fsp3) is 0.292. The molecule has 0 saturated heterocycles. The monoisotopic (exact) mass is 418 g/mol. The van der Waals surface area contributed by atoms with Gasteiger partial charge >= 0.3 is 0 Å². The SMILES string of the molecule is Cc1noc(C)c1-c1ccc(-c2nnc(C3(c4ccc(Cl)cc4)CCC3)n2C)cc1. The number of hydrogen-bond acceptors (Lipinski definition) is 4. The van der Waals surface area contributed by atoms with E-state index in [9.17, 15) is 0 Å². The summed E-state index contributed by atoms with van der Waals surface area (Å²) in [4.78, 5) is 0. The van der Waals surface area contributed by atoms with Gasteiger partial charge < -0.3 is 9.09 Å². The number of halogens is 1. The lowest BCUT2D eigenvalue weighted by Gasteiger charge is -2.41. The van der Waals surface area contributed by atoms with Crippen molar-refractivity contribution in [3.63, 3.8) is 0 Å². The summed E-state index contributed by atoms with van der Waals surface area (Å²) >= 11 is 6.11. The molecule has 0 aliphatic heterocycles. The summed E-state index contributed by atoms with van der Waals surface area (Å²) in [5, 5.41) is 14.0. The van der Waals surface area contributed by atoms with E-state index in [1.165, 1.54) is 12.0 Å². The second-order valence-corrected chi connectivity index (χ2v) is 8.56. The van der Waals surface area contributed by atoms with Crippen molar-refractivity contribution in [3.05, 3.63) is 76.4 Å². The van der Waals surface area contributed by atoms with Crippen molar-refractivity contribution in [2.75, 3.05) is 0 Å². The standard InChI is InChI=1S/C24H23ClN4O/c1-15-21(16(2)30-28-15)17-5-7-18(8-6-17)22-26-27-23(29(22)3)24(13-4-14-24)19-9-11-20(25)12-10-19/h5-12H,4,13-14H2,1-3H3. The first-order chi connectivity index (χ1) is 14.5. The second-order valence-electron chi connectivity index (χ2n) is 8.13. The van der Waals surface area contributed by atoms with E-state index < -0.39 is 0 Å². The van der Waals surface area contributed by atoms with Crippen LogP contribution in [-0.2, 0) is 12.5 Å². The first kappa shape index (κ1) is 19.1. The maximum absolute atomic E-state index is 6.11. The van der Waals surface area contributed by atoms with Crippen LogP contribution in [-0.4, -0.2) is 19.9 Å². The minimum atomic E-state index is -0.0821. The molecule has 0 amide bonds. The van der Waals surface area contributed by atoms with Gasteiger partial charge in [0.25, 0.3) is 0 Å². The first-order valence-electron chi connectivity index (χ1n) is 10.2. The zero-order valence-corrected chi connectivity index (χ0v) is 18.1. The third kappa shape index (κ3) is 2.88. The largest absolute Gasteiger partial charge is 0.361 e. The van der Waals surface area contributed by atoms with Gasteiger partial charge in [-0.05, 0) is 49.9 Å². The molecule has 4 aromatic rings. The van der Waals surface area contributed by atoms with Gasteiger partial charge in [0, 0.05) is 23.2 Å². The van der Waals surface area contributed by atoms with E-state index in [1.54, 1.807) is 0 Å². The van der Waals surface area contributed by atoms with E-state index >= 15 is 0 Å². The van der Waals surface area contributed by atoms with Gasteiger partial charge in [-0.25, -0.2) is 0 Å². The van der Waals surface area contributed by atoms with Gasteiger partial charge in [-0.15, -0.1) is 10.2 Å². The molecule has 0 N–H and O–H groups in total. The summed E-state index contributed by atoms with van der Waals surface area (Å²) in [5.41, 5.74) is 5.26. The molecule has 6 heteroatoms. The van der Waals surface area contributed by atoms with Crippen LogP contribution in [0.3, 0.4) is 0 Å². The molecule has 5 rings (SSSR count). The molecule has 1 saturated carbocycles. The Labute approximate surface area is 180 Å². The summed E-state index contributed by atoms with van der Waals surface area (Å²) < 4.78 is 7.45. The number of aromatic nitrogens is 4. The predicted octanol–water partition coefficient (Wildman–Crippen LogP) is 5.88. The Morgan fingerprint density at radius 1 is 0.933 bits per heavy atom. The van der Waals surface area contributed by atoms with Gasteiger partial charge in [0.1, 0.15) is 11.6 Å². The van der Waals surface area contributed by atoms with Crippen molar-refractivity contribution in [3.8, 4) is 22.5 Å². The highest BCUT2D eigenvalue weighted by Crippen LogP contribution is 2.48. The van der Waals surface area contributed by atoms with Crippen LogP contribution >= 0.6 is 11.6 Å². The number of aryl methyl sites for hydroxylation is 2. The summed E-state index contributed by atoms with van der Waals surface area (Å²) in [6, 6.07) is 16.5. The highest BCUT2D eigenvalue weighted by molar-refractivity contribution is 6.30. The van der Waals surface area contributed by atoms with E-state index in [0.717, 1.165) is 57.7 Å². The molecule has 152 valence electrons. The third-order valence-corrected chi connectivity index (χ3v) is 6.62. The van der Waals surface area contributed by atoms with E-state index in [-0.39, 0.29) is 5.41 Å². The van der Waals surface area contributed by atoms with Gasteiger partial charge in [-0.1, -0.05) is 59.6 Å². The Bertz CT molecular complexity index is 1180. The van der Waals surface area contributed by atoms with Gasteiger partial charge in [-0.3, -0.25) is 0 Å². The molecule has 0 bridgehead atoms. The van der Waals surface area contributed by atoms with Crippen LogP contribution in [0.15, 0.2) is 53.1 Å². The highest BCUT2D eigenvalue weighted by atomic mass is 35.5. The Balaban J connectivity index is 1.51. The zero-order valence-electron chi connectivity index (χ0n) is 17.3. The van der Waals surface area contributed by atoms with Crippen LogP contribution in [0, 0.1) is 13.8 Å². The van der Waals surface area contributed by atoms with E-state index in [1.807, 2.05) is 26.0 Å². The van der Waals surface area contributed by atoms with Crippen molar-refractivity contribution >= 4 is 11.6 Å². The third-order valence-electron chi connectivity index (χ3n) is 6.37. The van der Waals surface area contributed by atoms with Crippen molar-refractivity contribution < 1.29 is 4.52 Å². The normalized spacial score (nSPS) is 15.2. The van der Waals surface area contributed by atoms with Crippen LogP contribution in [0.5, 0.6) is 0 Å². The Morgan fingerprint density at radius 2 is 1.60 bits per heavy atom. The quantitative estimate of drug-likeness (QED) is 0.415. The van der Waals surface area contributed by atoms with Crippen LogP contribution in [0.1, 0.15) is 42.1 Å². The van der Waals surface area contributed by atoms with E-state index in [0.29, 0.717) is 0 Å². The average molecular weight is 419 g/mol. The molecule has 0 unspecified atom stereocenters. The fourth-order valence-corrected chi connectivity index (χ4v) is 4.75. The summed E-state index contributed by atoms with van der Waals surface area (Å²) in [7, 11) is 2.06. The second kappa shape index (κ2) is 7.10. The summed E-state index contributed by atoms with van der Waals surface area (Å²) in [6.45, 7) is 3.90. The average Bonchev–Trinajstić information content (AvgIpc) is 3.25. The molecule has 0 radical (unpaired) electrons. The predicted molar refractivity (Wildman–Crippen MR) is 117 cm³/mol. The topological polar surface area (TPSA) is 56.7 Å². The first-order valence-corrected chi connectivity index (χ1v) is 10.6. The molecule has 1 aliphatic rings. The van der Waals surface area contributed by atoms with Gasteiger partial charge in [0.15, 0.2) is 5.82 Å². The van der Waals surface area contributed by atoms with Gasteiger partial charge in [0.05, 0.1) is 11.1 Å². The smallest absolute Gasteiger partial charge is 0.163 e.